The van der Waals surface area contributed by atoms with Crippen molar-refractivity contribution in [2.45, 2.75) is 13.0 Å². The van der Waals surface area contributed by atoms with Gasteiger partial charge in [-0.2, -0.15) is 13.9 Å². The number of alkyl halides is 2. The van der Waals surface area contributed by atoms with Crippen molar-refractivity contribution in [1.82, 2.24) is 10.2 Å². The van der Waals surface area contributed by atoms with Crippen molar-refractivity contribution in [3.05, 3.63) is 17.8 Å². The number of benzene rings is 1. The lowest BCUT2D eigenvalue weighted by Gasteiger charge is -2.09. The minimum Gasteiger partial charge on any atom is -0.491 e. The fraction of sp³-hybridized carbons (Fsp3) is 0.273. The van der Waals surface area contributed by atoms with Crippen LogP contribution in [0.3, 0.4) is 0 Å². The molecule has 0 amide bonds. The molecule has 2 N–H and O–H groups in total. The maximum absolute atomic E-state index is 12.2. The van der Waals surface area contributed by atoms with Crippen molar-refractivity contribution in [3.8, 4) is 11.5 Å². The van der Waals surface area contributed by atoms with E-state index in [0.29, 0.717) is 11.1 Å². The summed E-state index contributed by atoms with van der Waals surface area (Å²) in [5, 5.41) is 15.6. The molecule has 2 aromatic rings. The largest absolute Gasteiger partial charge is 0.491 e. The molecule has 0 aliphatic carbocycles. The maximum atomic E-state index is 12.2. The monoisotopic (exact) mass is 272 g/mol. The van der Waals surface area contributed by atoms with E-state index in [1.54, 1.807) is 0 Å². The molecule has 0 saturated carbocycles. The summed E-state index contributed by atoms with van der Waals surface area (Å²) in [7, 11) is 1.29. The van der Waals surface area contributed by atoms with Crippen molar-refractivity contribution < 1.29 is 28.2 Å². The highest BCUT2D eigenvalue weighted by molar-refractivity contribution is 5.91. The van der Waals surface area contributed by atoms with Crippen LogP contribution in [0, 0.1) is 0 Å². The zero-order valence-electron chi connectivity index (χ0n) is 9.81. The van der Waals surface area contributed by atoms with Gasteiger partial charge in [0.2, 0.25) is 0 Å². The van der Waals surface area contributed by atoms with Gasteiger partial charge in [0.05, 0.1) is 19.2 Å². The Morgan fingerprint density at radius 3 is 2.84 bits per heavy atom. The van der Waals surface area contributed by atoms with Crippen LogP contribution in [0.5, 0.6) is 11.5 Å². The number of aromatic nitrogens is 2. The number of hydrogen-bond donors (Lipinski definition) is 2. The summed E-state index contributed by atoms with van der Waals surface area (Å²) in [4.78, 5) is 10.7. The van der Waals surface area contributed by atoms with Crippen LogP contribution >= 0.6 is 0 Å². The predicted molar refractivity (Wildman–Crippen MR) is 60.6 cm³/mol. The van der Waals surface area contributed by atoms with Crippen molar-refractivity contribution >= 4 is 16.9 Å². The predicted octanol–water partition coefficient (Wildman–Crippen LogP) is 1.80. The Morgan fingerprint density at radius 2 is 2.26 bits per heavy atom. The molecular formula is C11H10F2N2O4. The SMILES string of the molecule is COc1c(OC(F)F)ccc2c(CC(=O)O)[nH]nc12. The lowest BCUT2D eigenvalue weighted by atomic mass is 10.1. The third-order valence-electron chi connectivity index (χ3n) is 2.47. The Kier molecular flexibility index (Phi) is 3.50. The van der Waals surface area contributed by atoms with E-state index < -0.39 is 12.6 Å². The van der Waals surface area contributed by atoms with Crippen LogP contribution in [0.25, 0.3) is 10.9 Å². The molecule has 0 aliphatic heterocycles. The molecule has 2 rings (SSSR count). The van der Waals surface area contributed by atoms with Crippen LogP contribution in [-0.2, 0) is 11.2 Å². The van der Waals surface area contributed by atoms with Crippen LogP contribution in [0.1, 0.15) is 5.69 Å². The third-order valence-corrected chi connectivity index (χ3v) is 2.47. The molecular weight excluding hydrogens is 262 g/mol. The Morgan fingerprint density at radius 1 is 1.53 bits per heavy atom. The zero-order chi connectivity index (χ0) is 14.0. The molecule has 102 valence electrons. The van der Waals surface area contributed by atoms with Gasteiger partial charge in [0, 0.05) is 5.39 Å². The number of fused-ring (bicyclic) bond motifs is 1. The number of carboxylic acid groups (broad SMARTS) is 1. The summed E-state index contributed by atoms with van der Waals surface area (Å²) in [5.41, 5.74) is 0.612. The van der Waals surface area contributed by atoms with Gasteiger partial charge in [0.25, 0.3) is 0 Å². The molecule has 1 heterocycles. The number of hydrogen-bond acceptors (Lipinski definition) is 4. The highest BCUT2D eigenvalue weighted by Gasteiger charge is 2.18. The molecule has 0 fully saturated rings. The molecule has 6 nitrogen and oxygen atoms in total. The average Bonchev–Trinajstić information content (AvgIpc) is 2.71. The van der Waals surface area contributed by atoms with E-state index in [9.17, 15) is 13.6 Å². The Labute approximate surface area is 105 Å². The standard InChI is InChI=1S/C11H10F2N2O4/c1-18-10-7(19-11(12)13)3-2-5-6(4-8(16)17)14-15-9(5)10/h2-3,11H,4H2,1H3,(H,14,15)(H,16,17). The third kappa shape index (κ3) is 2.56. The lowest BCUT2D eigenvalue weighted by molar-refractivity contribution is -0.136. The summed E-state index contributed by atoms with van der Waals surface area (Å²) in [5.74, 6) is -1.15. The molecule has 1 aromatic carbocycles. The van der Waals surface area contributed by atoms with E-state index in [0.717, 1.165) is 0 Å². The van der Waals surface area contributed by atoms with Crippen LogP contribution in [0.2, 0.25) is 0 Å². The fourth-order valence-electron chi connectivity index (χ4n) is 1.76. The van der Waals surface area contributed by atoms with E-state index in [2.05, 4.69) is 14.9 Å². The number of nitrogens with zero attached hydrogens (tertiary/aromatic N) is 1. The minimum absolute atomic E-state index is 0.0330. The number of aromatic amines is 1. The second-order valence-corrected chi connectivity index (χ2v) is 3.64. The Balaban J connectivity index is 2.51. The van der Waals surface area contributed by atoms with Crippen LogP contribution in [0.15, 0.2) is 12.1 Å². The van der Waals surface area contributed by atoms with E-state index in [-0.39, 0.29) is 23.4 Å². The number of carboxylic acids is 1. The van der Waals surface area contributed by atoms with Gasteiger partial charge in [-0.15, -0.1) is 0 Å². The number of ether oxygens (including phenoxy) is 2. The van der Waals surface area contributed by atoms with Gasteiger partial charge in [-0.3, -0.25) is 9.89 Å². The lowest BCUT2D eigenvalue weighted by Crippen LogP contribution is -2.04. The number of carbonyl (C=O) groups is 1. The van der Waals surface area contributed by atoms with Gasteiger partial charge in [0.15, 0.2) is 11.5 Å². The first-order valence-electron chi connectivity index (χ1n) is 5.23. The first-order chi connectivity index (χ1) is 9.02. The average molecular weight is 272 g/mol. The van der Waals surface area contributed by atoms with Gasteiger partial charge >= 0.3 is 12.6 Å². The molecule has 0 unspecified atom stereocenters. The Hall–Kier alpha value is -2.38. The van der Waals surface area contributed by atoms with Crippen LogP contribution < -0.4 is 9.47 Å². The minimum atomic E-state index is -2.98. The fourth-order valence-corrected chi connectivity index (χ4v) is 1.76. The van der Waals surface area contributed by atoms with Crippen molar-refractivity contribution in [3.63, 3.8) is 0 Å². The van der Waals surface area contributed by atoms with Crippen LogP contribution in [-0.4, -0.2) is 35.0 Å². The van der Waals surface area contributed by atoms with Gasteiger partial charge < -0.3 is 14.6 Å². The van der Waals surface area contributed by atoms with Gasteiger partial charge in [-0.1, -0.05) is 0 Å². The molecule has 19 heavy (non-hydrogen) atoms. The smallest absolute Gasteiger partial charge is 0.387 e. The summed E-state index contributed by atoms with van der Waals surface area (Å²) >= 11 is 0. The van der Waals surface area contributed by atoms with Crippen LogP contribution in [0.4, 0.5) is 8.78 Å². The highest BCUT2D eigenvalue weighted by atomic mass is 19.3. The van der Waals surface area contributed by atoms with Gasteiger partial charge in [-0.25, -0.2) is 0 Å². The zero-order valence-corrected chi connectivity index (χ0v) is 9.81. The van der Waals surface area contributed by atoms with Crippen molar-refractivity contribution in [2.75, 3.05) is 7.11 Å². The molecule has 0 spiro atoms. The molecule has 0 saturated heterocycles. The summed E-state index contributed by atoms with van der Waals surface area (Å²) in [6.45, 7) is -2.98. The maximum Gasteiger partial charge on any atom is 0.387 e. The number of methoxy groups -OCH3 is 1. The van der Waals surface area contributed by atoms with E-state index >= 15 is 0 Å². The van der Waals surface area contributed by atoms with E-state index in [4.69, 9.17) is 9.84 Å². The summed E-state index contributed by atoms with van der Waals surface area (Å²) in [6.07, 6.45) is -0.255. The summed E-state index contributed by atoms with van der Waals surface area (Å²) < 4.78 is 33.8. The molecule has 1 aromatic heterocycles. The number of aliphatic carboxylic acids is 1. The number of H-pyrrole nitrogens is 1. The van der Waals surface area contributed by atoms with E-state index in [1.807, 2.05) is 0 Å². The first kappa shape index (κ1) is 13.1. The van der Waals surface area contributed by atoms with Crippen molar-refractivity contribution in [2.24, 2.45) is 0 Å². The second kappa shape index (κ2) is 5.09. The molecule has 8 heteroatoms. The molecule has 0 radical (unpaired) electrons. The Bertz CT molecular complexity index is 612. The topological polar surface area (TPSA) is 84.4 Å². The normalized spacial score (nSPS) is 10.9. The first-order valence-corrected chi connectivity index (χ1v) is 5.23. The molecule has 0 atom stereocenters. The van der Waals surface area contributed by atoms with Gasteiger partial charge in [0.1, 0.15) is 5.52 Å². The number of nitrogens with one attached hydrogen (secondary N) is 1. The quantitative estimate of drug-likeness (QED) is 0.867. The number of halogens is 2. The molecule has 0 bridgehead atoms. The summed E-state index contributed by atoms with van der Waals surface area (Å²) in [6, 6.07) is 2.74. The highest BCUT2D eigenvalue weighted by Crippen LogP contribution is 2.36. The van der Waals surface area contributed by atoms with Crippen molar-refractivity contribution in [1.29, 1.82) is 0 Å². The number of rotatable bonds is 5. The molecule has 0 aliphatic rings. The second-order valence-electron chi connectivity index (χ2n) is 3.64. The van der Waals surface area contributed by atoms with E-state index in [1.165, 1.54) is 19.2 Å². The van der Waals surface area contributed by atoms with Gasteiger partial charge in [-0.05, 0) is 12.1 Å².